The molecule has 0 bridgehead atoms. The van der Waals surface area contributed by atoms with Crippen molar-refractivity contribution in [3.63, 3.8) is 0 Å². The predicted molar refractivity (Wildman–Crippen MR) is 78.9 cm³/mol. The maximum atomic E-state index is 10.3. The molecule has 108 valence electrons. The highest BCUT2D eigenvalue weighted by atomic mass is 16.5. The van der Waals surface area contributed by atoms with Gasteiger partial charge < -0.3 is 14.4 Å². The average molecular weight is 274 g/mol. The fourth-order valence-corrected chi connectivity index (χ4v) is 2.25. The van der Waals surface area contributed by atoms with Gasteiger partial charge in [0.05, 0.1) is 31.4 Å². The Kier molecular flexibility index (Phi) is 4.79. The Balaban J connectivity index is 1.97. The molecule has 0 saturated carbocycles. The smallest absolute Gasteiger partial charge is 0.118 e. The number of benzene rings is 1. The molecule has 4 nitrogen and oxygen atoms in total. The van der Waals surface area contributed by atoms with E-state index in [1.807, 2.05) is 28.8 Å². The van der Waals surface area contributed by atoms with Gasteiger partial charge in [-0.05, 0) is 44.4 Å². The molecule has 0 aliphatic carbocycles. The van der Waals surface area contributed by atoms with Crippen LogP contribution in [0.25, 0.3) is 0 Å². The summed E-state index contributed by atoms with van der Waals surface area (Å²) < 4.78 is 7.15. The molecule has 2 aromatic rings. The van der Waals surface area contributed by atoms with Gasteiger partial charge in [0.25, 0.3) is 0 Å². The normalized spacial score (nSPS) is 12.7. The molecule has 0 spiro atoms. The quantitative estimate of drug-likeness (QED) is 0.880. The second kappa shape index (κ2) is 6.57. The number of imidazole rings is 1. The molecule has 0 saturated heterocycles. The van der Waals surface area contributed by atoms with Gasteiger partial charge in [-0.3, -0.25) is 0 Å². The lowest BCUT2D eigenvalue weighted by molar-refractivity contribution is 0.157. The lowest BCUT2D eigenvalue weighted by Gasteiger charge is -2.16. The Bertz CT molecular complexity index is 532. The fraction of sp³-hybridized carbons (Fsp3) is 0.438. The molecule has 1 atom stereocenters. The number of methoxy groups -OCH3 is 1. The molecule has 4 heteroatoms. The number of aliphatic hydroxyl groups is 1. The summed E-state index contributed by atoms with van der Waals surface area (Å²) in [6.07, 6.45) is 4.55. The average Bonchev–Trinajstić information content (AvgIpc) is 2.95. The zero-order chi connectivity index (χ0) is 14.5. The number of aliphatic hydroxyl groups excluding tert-OH is 1. The van der Waals surface area contributed by atoms with Crippen molar-refractivity contribution in [2.45, 2.75) is 38.8 Å². The minimum Gasteiger partial charge on any atom is -0.497 e. The highest BCUT2D eigenvalue weighted by Gasteiger charge is 2.14. The molecule has 20 heavy (non-hydrogen) atoms. The highest BCUT2D eigenvalue weighted by Crippen LogP contribution is 2.22. The second-order valence-electron chi connectivity index (χ2n) is 5.22. The van der Waals surface area contributed by atoms with Crippen LogP contribution >= 0.6 is 0 Å². The summed E-state index contributed by atoms with van der Waals surface area (Å²) in [6, 6.07) is 8.26. The Morgan fingerprint density at radius 1 is 1.25 bits per heavy atom. The van der Waals surface area contributed by atoms with E-state index in [0.717, 1.165) is 17.9 Å². The summed E-state index contributed by atoms with van der Waals surface area (Å²) in [6.45, 7) is 4.17. The first-order chi connectivity index (χ1) is 9.61. The highest BCUT2D eigenvalue weighted by molar-refractivity contribution is 5.27. The second-order valence-corrected chi connectivity index (χ2v) is 5.22. The summed E-state index contributed by atoms with van der Waals surface area (Å²) in [7, 11) is 1.66. The molecule has 1 heterocycles. The molecular weight excluding hydrogens is 252 g/mol. The van der Waals surface area contributed by atoms with E-state index in [-0.39, 0.29) is 0 Å². The van der Waals surface area contributed by atoms with Gasteiger partial charge in [-0.15, -0.1) is 0 Å². The largest absolute Gasteiger partial charge is 0.497 e. The fourth-order valence-electron chi connectivity index (χ4n) is 2.25. The van der Waals surface area contributed by atoms with Crippen molar-refractivity contribution < 1.29 is 9.84 Å². The monoisotopic (exact) mass is 274 g/mol. The summed E-state index contributed by atoms with van der Waals surface area (Å²) in [4.78, 5) is 4.13. The van der Waals surface area contributed by atoms with E-state index >= 15 is 0 Å². The van der Waals surface area contributed by atoms with Gasteiger partial charge >= 0.3 is 0 Å². The van der Waals surface area contributed by atoms with Crippen LogP contribution in [-0.2, 0) is 6.42 Å². The van der Waals surface area contributed by atoms with Crippen LogP contribution in [0.5, 0.6) is 5.75 Å². The number of rotatable bonds is 6. The van der Waals surface area contributed by atoms with Gasteiger partial charge in [-0.2, -0.15) is 0 Å². The van der Waals surface area contributed by atoms with E-state index in [0.29, 0.717) is 12.5 Å². The van der Waals surface area contributed by atoms with Crippen molar-refractivity contribution in [1.29, 1.82) is 0 Å². The first kappa shape index (κ1) is 14.6. The number of aryl methyl sites for hydroxylation is 1. The Hall–Kier alpha value is -1.81. The van der Waals surface area contributed by atoms with Crippen LogP contribution in [-0.4, -0.2) is 21.8 Å². The zero-order valence-electron chi connectivity index (χ0n) is 12.3. The zero-order valence-corrected chi connectivity index (χ0v) is 12.3. The van der Waals surface area contributed by atoms with Gasteiger partial charge in [-0.25, -0.2) is 4.98 Å². The molecule has 1 unspecified atom stereocenters. The summed E-state index contributed by atoms with van der Waals surface area (Å²) in [5.41, 5.74) is 2.08. The maximum absolute atomic E-state index is 10.3. The molecule has 0 aliphatic rings. The van der Waals surface area contributed by atoms with Crippen molar-refractivity contribution in [2.24, 2.45) is 0 Å². The Labute approximate surface area is 120 Å². The third-order valence-electron chi connectivity index (χ3n) is 3.46. The number of hydrogen-bond acceptors (Lipinski definition) is 3. The Morgan fingerprint density at radius 2 is 1.95 bits per heavy atom. The number of aromatic nitrogens is 2. The Morgan fingerprint density at radius 3 is 2.55 bits per heavy atom. The van der Waals surface area contributed by atoms with Crippen molar-refractivity contribution in [3.8, 4) is 5.75 Å². The molecule has 1 N–H and O–H groups in total. The minimum absolute atomic E-state index is 0.308. The molecular formula is C16H22N2O2. The van der Waals surface area contributed by atoms with Crippen molar-refractivity contribution in [1.82, 2.24) is 9.55 Å². The standard InChI is InChI=1S/C16H22N2O2/c1-12(2)18-11-17-10-15(18)16(19)9-6-13-4-7-14(20-3)8-5-13/h4-5,7-8,10-12,16,19H,6,9H2,1-3H3. The van der Waals surface area contributed by atoms with E-state index < -0.39 is 6.10 Å². The van der Waals surface area contributed by atoms with Crippen LogP contribution in [0.2, 0.25) is 0 Å². The molecule has 0 fully saturated rings. The van der Waals surface area contributed by atoms with Crippen molar-refractivity contribution in [3.05, 3.63) is 48.0 Å². The molecule has 1 aromatic carbocycles. The van der Waals surface area contributed by atoms with Crippen molar-refractivity contribution >= 4 is 0 Å². The van der Waals surface area contributed by atoms with Gasteiger partial charge in [0, 0.05) is 6.04 Å². The SMILES string of the molecule is COc1ccc(CCC(O)c2cncn2C(C)C)cc1. The van der Waals surface area contributed by atoms with Crippen LogP contribution in [0.4, 0.5) is 0 Å². The lowest BCUT2D eigenvalue weighted by Crippen LogP contribution is -2.09. The van der Waals surface area contributed by atoms with E-state index in [4.69, 9.17) is 4.74 Å². The van der Waals surface area contributed by atoms with E-state index in [2.05, 4.69) is 18.8 Å². The van der Waals surface area contributed by atoms with Gasteiger partial charge in [0.15, 0.2) is 0 Å². The van der Waals surface area contributed by atoms with Crippen LogP contribution in [0.15, 0.2) is 36.8 Å². The minimum atomic E-state index is -0.484. The topological polar surface area (TPSA) is 47.3 Å². The van der Waals surface area contributed by atoms with Gasteiger partial charge in [0.2, 0.25) is 0 Å². The van der Waals surface area contributed by atoms with E-state index in [1.165, 1.54) is 5.56 Å². The van der Waals surface area contributed by atoms with Gasteiger partial charge in [0.1, 0.15) is 5.75 Å². The van der Waals surface area contributed by atoms with E-state index in [9.17, 15) is 5.11 Å². The molecule has 2 rings (SSSR count). The van der Waals surface area contributed by atoms with Crippen LogP contribution in [0, 0.1) is 0 Å². The number of ether oxygens (including phenoxy) is 1. The lowest BCUT2D eigenvalue weighted by atomic mass is 10.0. The van der Waals surface area contributed by atoms with Crippen LogP contribution in [0.3, 0.4) is 0 Å². The predicted octanol–water partition coefficient (Wildman–Crippen LogP) is 3.14. The van der Waals surface area contributed by atoms with Crippen molar-refractivity contribution in [2.75, 3.05) is 7.11 Å². The first-order valence-corrected chi connectivity index (χ1v) is 6.94. The maximum Gasteiger partial charge on any atom is 0.118 e. The first-order valence-electron chi connectivity index (χ1n) is 6.94. The third kappa shape index (κ3) is 3.39. The molecule has 0 aliphatic heterocycles. The summed E-state index contributed by atoms with van der Waals surface area (Å²) in [5.74, 6) is 0.854. The van der Waals surface area contributed by atoms with E-state index in [1.54, 1.807) is 19.6 Å². The van der Waals surface area contributed by atoms with Gasteiger partial charge in [-0.1, -0.05) is 12.1 Å². The molecule has 1 aromatic heterocycles. The van der Waals surface area contributed by atoms with Crippen LogP contribution in [0.1, 0.15) is 43.7 Å². The number of hydrogen-bond donors (Lipinski definition) is 1. The van der Waals surface area contributed by atoms with Crippen LogP contribution < -0.4 is 4.74 Å². The molecule has 0 radical (unpaired) electrons. The third-order valence-corrected chi connectivity index (χ3v) is 3.46. The summed E-state index contributed by atoms with van der Waals surface area (Å²) >= 11 is 0. The number of nitrogens with zero attached hydrogens (tertiary/aromatic N) is 2. The summed E-state index contributed by atoms with van der Waals surface area (Å²) in [5, 5.41) is 10.3. The molecule has 0 amide bonds.